The molecule has 0 spiro atoms. The zero-order valence-corrected chi connectivity index (χ0v) is 21.0. The first-order valence-corrected chi connectivity index (χ1v) is 12.4. The van der Waals surface area contributed by atoms with E-state index in [1.54, 1.807) is 42.5 Å². The van der Waals surface area contributed by atoms with Crippen molar-refractivity contribution in [3.8, 4) is 29.1 Å². The van der Waals surface area contributed by atoms with Gasteiger partial charge in [0.25, 0.3) is 0 Å². The molecule has 7 heteroatoms. The maximum Gasteiger partial charge on any atom is 0.343 e. The molecule has 1 heterocycles. The summed E-state index contributed by atoms with van der Waals surface area (Å²) >= 11 is 0. The van der Waals surface area contributed by atoms with Crippen LogP contribution in [-0.2, 0) is 0 Å². The molecule has 2 N–H and O–H groups in total. The molecule has 7 nitrogen and oxygen atoms in total. The first-order chi connectivity index (χ1) is 18.0. The van der Waals surface area contributed by atoms with Crippen molar-refractivity contribution >= 4 is 5.97 Å². The number of esters is 1. The predicted molar refractivity (Wildman–Crippen MR) is 140 cm³/mol. The summed E-state index contributed by atoms with van der Waals surface area (Å²) in [4.78, 5) is 12.7. The fourth-order valence-electron chi connectivity index (χ4n) is 4.01. The highest BCUT2D eigenvalue weighted by atomic mass is 16.5. The van der Waals surface area contributed by atoms with E-state index in [1.807, 2.05) is 31.2 Å². The van der Waals surface area contributed by atoms with Gasteiger partial charge >= 0.3 is 5.97 Å². The predicted octanol–water partition coefficient (Wildman–Crippen LogP) is 6.09. The SMILES string of the molecule is CCCCOc1ccc(C(=O)Oc2ccc3c(c2)OC(N)=C(C#N)C3c2ccc(OCCC)cc2)cc1. The Bertz CT molecular complexity index is 1310. The Morgan fingerprint density at radius 2 is 1.57 bits per heavy atom. The van der Waals surface area contributed by atoms with Gasteiger partial charge in [-0.1, -0.05) is 38.5 Å². The molecule has 3 aromatic rings. The van der Waals surface area contributed by atoms with E-state index in [0.29, 0.717) is 41.6 Å². The minimum Gasteiger partial charge on any atom is -0.494 e. The smallest absolute Gasteiger partial charge is 0.343 e. The molecule has 0 radical (unpaired) electrons. The molecular formula is C30H30N2O5. The van der Waals surface area contributed by atoms with Crippen molar-refractivity contribution in [1.82, 2.24) is 0 Å². The van der Waals surface area contributed by atoms with E-state index in [9.17, 15) is 10.1 Å². The van der Waals surface area contributed by atoms with Gasteiger partial charge in [-0.2, -0.15) is 5.26 Å². The lowest BCUT2D eigenvalue weighted by molar-refractivity contribution is 0.0734. The Labute approximate surface area is 217 Å². The van der Waals surface area contributed by atoms with Crippen molar-refractivity contribution in [3.63, 3.8) is 0 Å². The Balaban J connectivity index is 1.53. The summed E-state index contributed by atoms with van der Waals surface area (Å²) in [6.07, 6.45) is 2.94. The van der Waals surface area contributed by atoms with Crippen molar-refractivity contribution in [2.24, 2.45) is 5.73 Å². The fraction of sp³-hybridized carbons (Fsp3) is 0.267. The molecule has 0 fully saturated rings. The summed E-state index contributed by atoms with van der Waals surface area (Å²) in [6, 6.07) is 21.7. The van der Waals surface area contributed by atoms with E-state index in [4.69, 9.17) is 24.7 Å². The molecule has 0 saturated heterocycles. The number of unbranched alkanes of at least 4 members (excludes halogenated alkanes) is 1. The van der Waals surface area contributed by atoms with Gasteiger partial charge in [0.15, 0.2) is 0 Å². The maximum absolute atomic E-state index is 12.7. The molecule has 1 unspecified atom stereocenters. The van der Waals surface area contributed by atoms with Crippen molar-refractivity contribution in [1.29, 1.82) is 5.26 Å². The summed E-state index contributed by atoms with van der Waals surface area (Å²) in [7, 11) is 0. The number of benzene rings is 3. The molecule has 1 aliphatic rings. The van der Waals surface area contributed by atoms with E-state index < -0.39 is 11.9 Å². The number of fused-ring (bicyclic) bond motifs is 1. The Kier molecular flexibility index (Phi) is 8.32. The quantitative estimate of drug-likeness (QED) is 0.205. The molecule has 1 aliphatic heterocycles. The van der Waals surface area contributed by atoms with Gasteiger partial charge in [0.1, 0.15) is 34.6 Å². The van der Waals surface area contributed by atoms with Crippen LogP contribution >= 0.6 is 0 Å². The number of nitrogens with two attached hydrogens (primary N) is 1. The van der Waals surface area contributed by atoms with Crippen LogP contribution in [0, 0.1) is 11.3 Å². The number of allylic oxidation sites excluding steroid dienone is 1. The second-order valence-electron chi connectivity index (χ2n) is 8.66. The zero-order valence-electron chi connectivity index (χ0n) is 21.0. The number of hydrogen-bond donors (Lipinski definition) is 1. The maximum atomic E-state index is 12.7. The lowest BCUT2D eigenvalue weighted by Gasteiger charge is -2.26. The Morgan fingerprint density at radius 1 is 0.919 bits per heavy atom. The van der Waals surface area contributed by atoms with Crippen LogP contribution in [0.5, 0.6) is 23.0 Å². The van der Waals surface area contributed by atoms with Crippen LogP contribution in [0.3, 0.4) is 0 Å². The fourth-order valence-corrected chi connectivity index (χ4v) is 4.01. The van der Waals surface area contributed by atoms with E-state index >= 15 is 0 Å². The third-order valence-corrected chi connectivity index (χ3v) is 5.94. The number of nitriles is 1. The van der Waals surface area contributed by atoms with Crippen molar-refractivity contribution in [2.75, 3.05) is 13.2 Å². The van der Waals surface area contributed by atoms with Crippen LogP contribution in [0.1, 0.15) is 60.5 Å². The van der Waals surface area contributed by atoms with Crippen LogP contribution in [0.25, 0.3) is 0 Å². The summed E-state index contributed by atoms with van der Waals surface area (Å²) < 4.78 is 22.7. The summed E-state index contributed by atoms with van der Waals surface area (Å²) in [5.74, 6) is 1.30. The second-order valence-corrected chi connectivity index (χ2v) is 8.66. The lowest BCUT2D eigenvalue weighted by Crippen LogP contribution is -2.21. The molecule has 0 aromatic heterocycles. The van der Waals surface area contributed by atoms with Gasteiger partial charge in [-0.15, -0.1) is 0 Å². The number of hydrogen-bond acceptors (Lipinski definition) is 7. The standard InChI is InChI=1S/C30H30N2O5/c1-3-5-17-35-23-12-8-21(9-13-23)30(33)36-24-14-15-25-27(18-24)37-29(32)26(19-31)28(25)20-6-10-22(11-7-20)34-16-4-2/h6-15,18,28H,3-5,16-17,32H2,1-2H3. The third kappa shape index (κ3) is 6.04. The van der Waals surface area contributed by atoms with Gasteiger partial charge in [0, 0.05) is 11.6 Å². The van der Waals surface area contributed by atoms with Crippen LogP contribution in [0.4, 0.5) is 0 Å². The summed E-state index contributed by atoms with van der Waals surface area (Å²) in [5.41, 5.74) is 8.46. The molecule has 0 amide bonds. The first-order valence-electron chi connectivity index (χ1n) is 12.4. The van der Waals surface area contributed by atoms with Crippen molar-refractivity contribution in [3.05, 3.63) is 94.9 Å². The minimum absolute atomic E-state index is 0.0217. The average molecular weight is 499 g/mol. The van der Waals surface area contributed by atoms with Gasteiger partial charge in [-0.25, -0.2) is 4.79 Å². The van der Waals surface area contributed by atoms with E-state index in [1.165, 1.54) is 0 Å². The van der Waals surface area contributed by atoms with Crippen molar-refractivity contribution < 1.29 is 23.7 Å². The summed E-state index contributed by atoms with van der Waals surface area (Å²) in [6.45, 7) is 5.42. The molecule has 4 rings (SSSR count). The number of carbonyl (C=O) groups is 1. The molecule has 0 aliphatic carbocycles. The highest BCUT2D eigenvalue weighted by Gasteiger charge is 2.31. The van der Waals surface area contributed by atoms with Crippen LogP contribution < -0.4 is 24.7 Å². The van der Waals surface area contributed by atoms with Gasteiger partial charge in [0.2, 0.25) is 5.88 Å². The molecule has 3 aromatic carbocycles. The highest BCUT2D eigenvalue weighted by Crippen LogP contribution is 2.43. The Hall–Kier alpha value is -4.44. The Morgan fingerprint density at radius 3 is 2.22 bits per heavy atom. The van der Waals surface area contributed by atoms with Crippen LogP contribution in [0.15, 0.2) is 78.2 Å². The molecular weight excluding hydrogens is 468 g/mol. The monoisotopic (exact) mass is 498 g/mol. The van der Waals surface area contributed by atoms with Gasteiger partial charge in [-0.05, 0) is 60.9 Å². The normalized spacial score (nSPS) is 14.2. The molecule has 190 valence electrons. The van der Waals surface area contributed by atoms with E-state index in [-0.39, 0.29) is 5.88 Å². The highest BCUT2D eigenvalue weighted by molar-refractivity contribution is 5.91. The second kappa shape index (κ2) is 12.0. The first kappa shape index (κ1) is 25.6. The van der Waals surface area contributed by atoms with Gasteiger partial charge in [0.05, 0.1) is 24.7 Å². The van der Waals surface area contributed by atoms with Crippen LogP contribution in [-0.4, -0.2) is 19.2 Å². The molecule has 37 heavy (non-hydrogen) atoms. The number of nitrogens with zero attached hydrogens (tertiary/aromatic N) is 1. The van der Waals surface area contributed by atoms with E-state index in [2.05, 4.69) is 13.0 Å². The number of rotatable bonds is 10. The number of carbonyl (C=O) groups excluding carboxylic acids is 1. The lowest BCUT2D eigenvalue weighted by atomic mass is 9.83. The minimum atomic E-state index is -0.503. The third-order valence-electron chi connectivity index (χ3n) is 5.94. The van der Waals surface area contributed by atoms with Crippen molar-refractivity contribution in [2.45, 2.75) is 39.0 Å². The van der Waals surface area contributed by atoms with E-state index in [0.717, 1.165) is 36.1 Å². The van der Waals surface area contributed by atoms with Gasteiger partial charge < -0.3 is 24.7 Å². The topological polar surface area (TPSA) is 104 Å². The molecule has 0 saturated carbocycles. The molecule has 0 bridgehead atoms. The largest absolute Gasteiger partial charge is 0.494 e. The van der Waals surface area contributed by atoms with Gasteiger partial charge in [-0.3, -0.25) is 0 Å². The average Bonchev–Trinajstić information content (AvgIpc) is 2.92. The number of ether oxygens (including phenoxy) is 4. The van der Waals surface area contributed by atoms with Crippen LogP contribution in [0.2, 0.25) is 0 Å². The summed E-state index contributed by atoms with van der Waals surface area (Å²) in [5, 5.41) is 9.80. The zero-order chi connectivity index (χ0) is 26.2. The molecule has 1 atom stereocenters.